The Morgan fingerprint density at radius 3 is 1.81 bits per heavy atom. The van der Waals surface area contributed by atoms with Crippen LogP contribution in [0.1, 0.15) is 34.5 Å². The highest BCUT2D eigenvalue weighted by Crippen LogP contribution is 2.33. The van der Waals surface area contributed by atoms with E-state index in [0.29, 0.717) is 5.82 Å². The predicted octanol–water partition coefficient (Wildman–Crippen LogP) is 8.80. The summed E-state index contributed by atoms with van der Waals surface area (Å²) in [6, 6.07) is 46.3. The maximum absolute atomic E-state index is 5.28. The maximum Gasteiger partial charge on any atom is 0.159 e. The zero-order valence-electron chi connectivity index (χ0n) is 26.1. The molecule has 0 saturated heterocycles. The summed E-state index contributed by atoms with van der Waals surface area (Å²) >= 11 is 0. The van der Waals surface area contributed by atoms with Crippen molar-refractivity contribution in [1.82, 2.24) is 20.6 Å². The van der Waals surface area contributed by atoms with Gasteiger partial charge in [-0.2, -0.15) is 0 Å². The number of hydrogen-bond donors (Lipinski definition) is 2. The Morgan fingerprint density at radius 2 is 1.15 bits per heavy atom. The molecule has 6 heteroatoms. The second-order valence-corrected chi connectivity index (χ2v) is 11.7. The molecule has 6 aromatic rings. The molecule has 1 aromatic heterocycles. The zero-order chi connectivity index (χ0) is 32.1. The third-order valence-electron chi connectivity index (χ3n) is 8.55. The van der Waals surface area contributed by atoms with Crippen LogP contribution in [0.2, 0.25) is 0 Å². The highest BCUT2D eigenvalue weighted by atomic mass is 15.1. The lowest BCUT2D eigenvalue weighted by molar-refractivity contribution is 0.653. The van der Waals surface area contributed by atoms with E-state index in [0.717, 1.165) is 61.6 Å². The second-order valence-electron chi connectivity index (χ2n) is 11.7. The molecule has 6 nitrogen and oxygen atoms in total. The van der Waals surface area contributed by atoms with Crippen molar-refractivity contribution in [2.45, 2.75) is 12.2 Å². The van der Waals surface area contributed by atoms with Crippen LogP contribution in [0.5, 0.6) is 0 Å². The molecule has 0 radical (unpaired) electrons. The molecule has 0 bridgehead atoms. The number of rotatable bonds is 7. The first-order valence-electron chi connectivity index (χ1n) is 16.0. The Morgan fingerprint density at radius 1 is 0.521 bits per heavy atom. The van der Waals surface area contributed by atoms with Gasteiger partial charge < -0.3 is 10.6 Å². The van der Waals surface area contributed by atoms with Gasteiger partial charge in [0.1, 0.15) is 12.0 Å². The van der Waals surface area contributed by atoms with Crippen molar-refractivity contribution in [2.24, 2.45) is 9.98 Å². The molecular formula is C42H32N6. The molecular weight excluding hydrogens is 589 g/mol. The van der Waals surface area contributed by atoms with E-state index in [-0.39, 0.29) is 12.2 Å². The van der Waals surface area contributed by atoms with Crippen LogP contribution in [-0.2, 0) is 0 Å². The molecule has 5 aromatic carbocycles. The van der Waals surface area contributed by atoms with Gasteiger partial charge in [0.2, 0.25) is 0 Å². The summed E-state index contributed by atoms with van der Waals surface area (Å²) in [7, 11) is 0. The third-order valence-corrected chi connectivity index (χ3v) is 8.55. The zero-order valence-corrected chi connectivity index (χ0v) is 26.1. The van der Waals surface area contributed by atoms with Gasteiger partial charge >= 0.3 is 0 Å². The van der Waals surface area contributed by atoms with Gasteiger partial charge in [0.15, 0.2) is 5.82 Å². The Balaban J connectivity index is 1.22. The largest absolute Gasteiger partial charge is 0.366 e. The number of allylic oxidation sites excluding steroid dienone is 1. The molecule has 0 aliphatic carbocycles. The maximum atomic E-state index is 5.28. The van der Waals surface area contributed by atoms with Gasteiger partial charge in [0.05, 0.1) is 6.04 Å². The Kier molecular flexibility index (Phi) is 7.95. The van der Waals surface area contributed by atoms with Crippen LogP contribution >= 0.6 is 0 Å². The normalized spacial score (nSPS) is 16.8. The Bertz CT molecular complexity index is 2150. The van der Waals surface area contributed by atoms with Crippen molar-refractivity contribution >= 4 is 17.7 Å². The number of hydrogen-bond acceptors (Lipinski definition) is 6. The van der Waals surface area contributed by atoms with Gasteiger partial charge in [-0.3, -0.25) is 9.98 Å². The molecule has 2 atom stereocenters. The predicted molar refractivity (Wildman–Crippen MR) is 195 cm³/mol. The fraction of sp³-hybridized carbons (Fsp3) is 0.0476. The molecule has 0 fully saturated rings. The van der Waals surface area contributed by atoms with Crippen LogP contribution in [0.4, 0.5) is 0 Å². The van der Waals surface area contributed by atoms with Crippen molar-refractivity contribution in [3.05, 3.63) is 186 Å². The second kappa shape index (κ2) is 13.1. The van der Waals surface area contributed by atoms with E-state index in [1.165, 1.54) is 0 Å². The van der Waals surface area contributed by atoms with E-state index in [1.807, 2.05) is 36.7 Å². The summed E-state index contributed by atoms with van der Waals surface area (Å²) < 4.78 is 0. The van der Waals surface area contributed by atoms with Crippen LogP contribution in [0.15, 0.2) is 174 Å². The van der Waals surface area contributed by atoms with E-state index in [4.69, 9.17) is 4.99 Å². The first-order chi connectivity index (χ1) is 23.8. The molecule has 2 N–H and O–H groups in total. The minimum Gasteiger partial charge on any atom is -0.366 e. The molecule has 0 spiro atoms. The quantitative estimate of drug-likeness (QED) is 0.187. The monoisotopic (exact) mass is 620 g/mol. The average molecular weight is 621 g/mol. The van der Waals surface area contributed by atoms with Gasteiger partial charge in [-0.1, -0.05) is 109 Å². The number of amidine groups is 1. The van der Waals surface area contributed by atoms with Crippen LogP contribution in [0.25, 0.3) is 39.3 Å². The van der Waals surface area contributed by atoms with E-state index in [1.54, 1.807) is 12.4 Å². The smallest absolute Gasteiger partial charge is 0.159 e. The SMILES string of the molecule is C1=CNC(c2ccc(-c3cc(C4=NC(c5ccccc5)C=C(c5ccccc5)N4)cc(-c4ccc(-c5ncccn5)cc4)c3)cc2)N=C1. The van der Waals surface area contributed by atoms with Gasteiger partial charge in [-0.25, -0.2) is 9.97 Å². The fourth-order valence-corrected chi connectivity index (χ4v) is 6.06. The first kappa shape index (κ1) is 29.0. The molecule has 230 valence electrons. The summed E-state index contributed by atoms with van der Waals surface area (Å²) in [4.78, 5) is 18.7. The average Bonchev–Trinajstić information content (AvgIpc) is 3.19. The van der Waals surface area contributed by atoms with Crippen molar-refractivity contribution in [2.75, 3.05) is 0 Å². The summed E-state index contributed by atoms with van der Waals surface area (Å²) in [6.45, 7) is 0. The van der Waals surface area contributed by atoms with Gasteiger partial charge in [0.25, 0.3) is 0 Å². The number of aliphatic imine (C=N–C) groups is 2. The van der Waals surface area contributed by atoms with E-state index in [2.05, 4.69) is 147 Å². The highest BCUT2D eigenvalue weighted by molar-refractivity contribution is 6.06. The number of benzene rings is 5. The molecule has 0 saturated carbocycles. The lowest BCUT2D eigenvalue weighted by Gasteiger charge is -2.24. The minimum atomic E-state index is -0.133. The van der Waals surface area contributed by atoms with E-state index in [9.17, 15) is 0 Å². The summed E-state index contributed by atoms with van der Waals surface area (Å²) in [5.41, 5.74) is 10.8. The van der Waals surface area contributed by atoms with Crippen LogP contribution in [0, 0.1) is 0 Å². The van der Waals surface area contributed by atoms with Crippen LogP contribution in [0.3, 0.4) is 0 Å². The van der Waals surface area contributed by atoms with Crippen LogP contribution < -0.4 is 10.6 Å². The molecule has 0 amide bonds. The van der Waals surface area contributed by atoms with Gasteiger partial charge in [-0.15, -0.1) is 0 Å². The molecule has 2 aliphatic rings. The van der Waals surface area contributed by atoms with Crippen molar-refractivity contribution in [3.8, 4) is 33.6 Å². The van der Waals surface area contributed by atoms with Crippen molar-refractivity contribution in [3.63, 3.8) is 0 Å². The Hall–Kier alpha value is -6.40. The summed E-state index contributed by atoms with van der Waals surface area (Å²) in [5, 5.41) is 7.00. The standard InChI is InChI=1S/C42H32N6/c1-3-9-31(10-4-1)38-28-39(32-11-5-2-6-12-32)48-42(47-38)37-26-35(29-13-17-33(18-14-29)40-43-21-7-22-44-40)25-36(27-37)30-15-19-34(20-16-30)41-45-23-8-24-46-41/h1-28,38,40,43H,(H,47,48). The molecule has 2 aliphatic heterocycles. The summed E-state index contributed by atoms with van der Waals surface area (Å²) in [5.74, 6) is 1.53. The van der Waals surface area contributed by atoms with Crippen LogP contribution in [-0.4, -0.2) is 22.0 Å². The number of aromatic nitrogens is 2. The topological polar surface area (TPSA) is 74.6 Å². The van der Waals surface area contributed by atoms with E-state index >= 15 is 0 Å². The number of nitrogens with zero attached hydrogens (tertiary/aromatic N) is 4. The van der Waals surface area contributed by atoms with Crippen molar-refractivity contribution < 1.29 is 0 Å². The molecule has 48 heavy (non-hydrogen) atoms. The van der Waals surface area contributed by atoms with Gasteiger partial charge in [-0.05, 0) is 81.6 Å². The summed E-state index contributed by atoms with van der Waals surface area (Å²) in [6.07, 6.45) is 11.3. The first-order valence-corrected chi connectivity index (χ1v) is 16.0. The minimum absolute atomic E-state index is 0.0861. The van der Waals surface area contributed by atoms with Gasteiger partial charge in [0, 0.05) is 35.4 Å². The fourth-order valence-electron chi connectivity index (χ4n) is 6.06. The molecule has 2 unspecified atom stereocenters. The molecule has 8 rings (SSSR count). The number of nitrogens with one attached hydrogen (secondary N) is 2. The van der Waals surface area contributed by atoms with E-state index < -0.39 is 0 Å². The molecule has 3 heterocycles. The highest BCUT2D eigenvalue weighted by Gasteiger charge is 2.21. The van der Waals surface area contributed by atoms with Crippen molar-refractivity contribution in [1.29, 1.82) is 0 Å². The lowest BCUT2D eigenvalue weighted by atomic mass is 9.93. The lowest BCUT2D eigenvalue weighted by Crippen LogP contribution is -2.27. The Labute approximate surface area is 280 Å². The third kappa shape index (κ3) is 6.19.